The minimum Gasteiger partial charge on any atom is -0.249 e. The van der Waals surface area contributed by atoms with Gasteiger partial charge in [0.05, 0.1) is 11.9 Å². The number of unbranched alkanes of at least 4 members (excludes halogenated alkanes) is 1. The van der Waals surface area contributed by atoms with Gasteiger partial charge in [-0.1, -0.05) is 52.7 Å². The van der Waals surface area contributed by atoms with E-state index in [1.165, 1.54) is 25.0 Å². The van der Waals surface area contributed by atoms with Crippen LogP contribution in [0.5, 0.6) is 0 Å². The van der Waals surface area contributed by atoms with Crippen molar-refractivity contribution in [2.75, 3.05) is 0 Å². The van der Waals surface area contributed by atoms with Crippen LogP contribution in [0.15, 0.2) is 6.20 Å². The number of rotatable bonds is 8. The van der Waals surface area contributed by atoms with Crippen LogP contribution in [0, 0.1) is 17.8 Å². The Bertz CT molecular complexity index is 328. The molecule has 0 saturated heterocycles. The molecule has 0 aliphatic rings. The monoisotopic (exact) mass is 251 g/mol. The average Bonchev–Trinajstić information content (AvgIpc) is 2.70. The second-order valence-electron chi connectivity index (χ2n) is 6.27. The summed E-state index contributed by atoms with van der Waals surface area (Å²) in [7, 11) is 0. The van der Waals surface area contributed by atoms with Crippen molar-refractivity contribution in [2.45, 2.75) is 66.8 Å². The third-order valence-electron chi connectivity index (χ3n) is 3.72. The second-order valence-corrected chi connectivity index (χ2v) is 6.27. The van der Waals surface area contributed by atoms with E-state index < -0.39 is 0 Å². The van der Waals surface area contributed by atoms with Crippen molar-refractivity contribution in [1.29, 1.82) is 0 Å². The van der Waals surface area contributed by atoms with Gasteiger partial charge in [-0.15, -0.1) is 5.10 Å². The van der Waals surface area contributed by atoms with Gasteiger partial charge in [-0.2, -0.15) is 0 Å². The van der Waals surface area contributed by atoms with Crippen molar-refractivity contribution in [3.05, 3.63) is 11.9 Å². The highest BCUT2D eigenvalue weighted by Gasteiger charge is 2.08. The maximum atomic E-state index is 4.17. The summed E-state index contributed by atoms with van der Waals surface area (Å²) in [6.45, 7) is 12.4. The van der Waals surface area contributed by atoms with Crippen molar-refractivity contribution in [3.63, 3.8) is 0 Å². The van der Waals surface area contributed by atoms with Crippen LogP contribution in [-0.2, 0) is 13.0 Å². The van der Waals surface area contributed by atoms with Crippen LogP contribution in [-0.4, -0.2) is 15.0 Å². The molecule has 1 aromatic rings. The molecule has 1 atom stereocenters. The lowest BCUT2D eigenvalue weighted by Gasteiger charge is -2.15. The molecule has 18 heavy (non-hydrogen) atoms. The van der Waals surface area contributed by atoms with E-state index in [0.717, 1.165) is 24.8 Å². The third kappa shape index (κ3) is 5.19. The molecule has 0 aliphatic carbocycles. The Hall–Kier alpha value is -0.860. The van der Waals surface area contributed by atoms with Crippen LogP contribution in [0.1, 0.15) is 59.6 Å². The zero-order valence-corrected chi connectivity index (χ0v) is 12.7. The van der Waals surface area contributed by atoms with Gasteiger partial charge in [-0.05, 0) is 30.6 Å². The SMILES string of the molecule is CC(C)Cn1nncc1CCCCC(C)C(C)C. The lowest BCUT2D eigenvalue weighted by Crippen LogP contribution is -2.10. The predicted octanol–water partition coefficient (Wildman–Crippen LogP) is 3.94. The van der Waals surface area contributed by atoms with Crippen LogP contribution in [0.25, 0.3) is 0 Å². The third-order valence-corrected chi connectivity index (χ3v) is 3.72. The Morgan fingerprint density at radius 1 is 1.11 bits per heavy atom. The molecular weight excluding hydrogens is 222 g/mol. The highest BCUT2D eigenvalue weighted by Crippen LogP contribution is 2.18. The summed E-state index contributed by atoms with van der Waals surface area (Å²) in [5.41, 5.74) is 1.29. The van der Waals surface area contributed by atoms with E-state index in [9.17, 15) is 0 Å². The average molecular weight is 251 g/mol. The molecule has 0 radical (unpaired) electrons. The van der Waals surface area contributed by atoms with Gasteiger partial charge in [0.15, 0.2) is 0 Å². The summed E-state index contributed by atoms with van der Waals surface area (Å²) < 4.78 is 2.07. The molecule has 0 spiro atoms. The molecule has 1 heterocycles. The highest BCUT2D eigenvalue weighted by atomic mass is 15.4. The summed E-state index contributed by atoms with van der Waals surface area (Å²) in [6, 6.07) is 0. The van der Waals surface area contributed by atoms with Crippen LogP contribution in [0.2, 0.25) is 0 Å². The largest absolute Gasteiger partial charge is 0.249 e. The number of hydrogen-bond acceptors (Lipinski definition) is 2. The van der Waals surface area contributed by atoms with Gasteiger partial charge in [-0.25, -0.2) is 4.68 Å². The summed E-state index contributed by atoms with van der Waals surface area (Å²) in [4.78, 5) is 0. The fourth-order valence-corrected chi connectivity index (χ4v) is 2.08. The number of hydrogen-bond donors (Lipinski definition) is 0. The minimum atomic E-state index is 0.631. The first-order valence-corrected chi connectivity index (χ1v) is 7.38. The van der Waals surface area contributed by atoms with Gasteiger partial charge < -0.3 is 0 Å². The van der Waals surface area contributed by atoms with E-state index in [0.29, 0.717) is 5.92 Å². The lowest BCUT2D eigenvalue weighted by molar-refractivity contribution is 0.376. The fraction of sp³-hybridized carbons (Fsp3) is 0.867. The number of nitrogens with zero attached hydrogens (tertiary/aromatic N) is 3. The van der Waals surface area contributed by atoms with E-state index in [1.807, 2.05) is 6.20 Å². The molecular formula is C15H29N3. The molecule has 0 amide bonds. The van der Waals surface area contributed by atoms with Crippen molar-refractivity contribution >= 4 is 0 Å². The topological polar surface area (TPSA) is 30.7 Å². The quantitative estimate of drug-likeness (QED) is 0.655. The normalized spacial score (nSPS) is 13.5. The number of aryl methyl sites for hydroxylation is 1. The van der Waals surface area contributed by atoms with Crippen LogP contribution >= 0.6 is 0 Å². The molecule has 104 valence electrons. The Morgan fingerprint density at radius 2 is 1.83 bits per heavy atom. The van der Waals surface area contributed by atoms with Gasteiger partial charge in [-0.3, -0.25) is 0 Å². The molecule has 0 bridgehead atoms. The first-order chi connectivity index (χ1) is 8.50. The van der Waals surface area contributed by atoms with Gasteiger partial charge in [0.2, 0.25) is 0 Å². The molecule has 1 unspecified atom stereocenters. The van der Waals surface area contributed by atoms with Crippen molar-refractivity contribution in [3.8, 4) is 0 Å². The molecule has 0 fully saturated rings. The second kappa shape index (κ2) is 7.55. The lowest BCUT2D eigenvalue weighted by atomic mass is 9.92. The summed E-state index contributed by atoms with van der Waals surface area (Å²) in [5.74, 6) is 2.27. The van der Waals surface area contributed by atoms with E-state index >= 15 is 0 Å². The maximum absolute atomic E-state index is 4.17. The van der Waals surface area contributed by atoms with Crippen molar-refractivity contribution in [1.82, 2.24) is 15.0 Å². The van der Waals surface area contributed by atoms with E-state index in [2.05, 4.69) is 49.6 Å². The Morgan fingerprint density at radius 3 is 2.44 bits per heavy atom. The molecule has 1 rings (SSSR count). The summed E-state index contributed by atoms with van der Waals surface area (Å²) in [6.07, 6.45) is 6.94. The summed E-state index contributed by atoms with van der Waals surface area (Å²) >= 11 is 0. The Balaban J connectivity index is 2.29. The molecule has 3 nitrogen and oxygen atoms in total. The first-order valence-electron chi connectivity index (χ1n) is 7.38. The fourth-order valence-electron chi connectivity index (χ4n) is 2.08. The van der Waals surface area contributed by atoms with Crippen LogP contribution < -0.4 is 0 Å². The van der Waals surface area contributed by atoms with E-state index in [4.69, 9.17) is 0 Å². The van der Waals surface area contributed by atoms with Crippen LogP contribution in [0.3, 0.4) is 0 Å². The van der Waals surface area contributed by atoms with Crippen LogP contribution in [0.4, 0.5) is 0 Å². The standard InChI is InChI=1S/C15H29N3/c1-12(2)11-18-15(10-16-17-18)9-7-6-8-14(5)13(3)4/h10,12-14H,6-9,11H2,1-5H3. The molecule has 0 N–H and O–H groups in total. The smallest absolute Gasteiger partial charge is 0.0725 e. The van der Waals surface area contributed by atoms with E-state index in [-0.39, 0.29) is 0 Å². The highest BCUT2D eigenvalue weighted by molar-refractivity contribution is 4.94. The number of aromatic nitrogens is 3. The summed E-state index contributed by atoms with van der Waals surface area (Å²) in [5, 5.41) is 8.20. The molecule has 1 aromatic heterocycles. The Kier molecular flexibility index (Phi) is 6.37. The predicted molar refractivity (Wildman–Crippen MR) is 76.4 cm³/mol. The molecule has 0 aliphatic heterocycles. The zero-order valence-electron chi connectivity index (χ0n) is 12.7. The minimum absolute atomic E-state index is 0.631. The van der Waals surface area contributed by atoms with Crippen molar-refractivity contribution in [2.24, 2.45) is 17.8 Å². The van der Waals surface area contributed by atoms with Gasteiger partial charge in [0.1, 0.15) is 0 Å². The van der Waals surface area contributed by atoms with Gasteiger partial charge in [0, 0.05) is 6.54 Å². The molecule has 0 saturated carbocycles. The molecule has 3 heteroatoms. The van der Waals surface area contributed by atoms with Crippen molar-refractivity contribution < 1.29 is 0 Å². The van der Waals surface area contributed by atoms with E-state index in [1.54, 1.807) is 0 Å². The zero-order chi connectivity index (χ0) is 13.5. The van der Waals surface area contributed by atoms with Gasteiger partial charge in [0.25, 0.3) is 0 Å². The Labute approximate surface area is 112 Å². The maximum Gasteiger partial charge on any atom is 0.0725 e. The first kappa shape index (κ1) is 15.2. The molecule has 0 aromatic carbocycles. The van der Waals surface area contributed by atoms with Gasteiger partial charge >= 0.3 is 0 Å².